The third-order valence-corrected chi connectivity index (χ3v) is 8.67. The summed E-state index contributed by atoms with van der Waals surface area (Å²) in [5.41, 5.74) is 3.96. The van der Waals surface area contributed by atoms with Gasteiger partial charge in [0.05, 0.1) is 26.9 Å². The van der Waals surface area contributed by atoms with Crippen LogP contribution in [0.5, 0.6) is 5.75 Å². The first-order chi connectivity index (χ1) is 20.7. The van der Waals surface area contributed by atoms with E-state index < -0.39 is 18.5 Å². The van der Waals surface area contributed by atoms with Crippen LogP contribution in [-0.4, -0.2) is 43.6 Å². The average Bonchev–Trinajstić information content (AvgIpc) is 3.05. The second-order valence-electron chi connectivity index (χ2n) is 10.5. The van der Waals surface area contributed by atoms with Gasteiger partial charge in [-0.3, -0.25) is 0 Å². The molecule has 2 saturated heterocycles. The molecule has 0 amide bonds. The highest BCUT2D eigenvalue weighted by Crippen LogP contribution is 2.41. The van der Waals surface area contributed by atoms with Gasteiger partial charge in [0.1, 0.15) is 35.6 Å². The van der Waals surface area contributed by atoms with Crippen LogP contribution >= 0.6 is 11.8 Å². The molecule has 2 aliphatic heterocycles. The van der Waals surface area contributed by atoms with Gasteiger partial charge < -0.3 is 28.4 Å². The van der Waals surface area contributed by atoms with Crippen LogP contribution < -0.4 is 4.74 Å². The summed E-state index contributed by atoms with van der Waals surface area (Å²) in [6.45, 7) is 3.30. The van der Waals surface area contributed by atoms with E-state index in [1.807, 2.05) is 72.8 Å². The number of ether oxygens (including phenoxy) is 6. The summed E-state index contributed by atoms with van der Waals surface area (Å²) in [5, 5.41) is 0. The molecule has 6 rings (SSSR count). The number of hydrogen-bond acceptors (Lipinski definition) is 7. The zero-order valence-corrected chi connectivity index (χ0v) is 24.7. The summed E-state index contributed by atoms with van der Waals surface area (Å²) >= 11 is 1.64. The van der Waals surface area contributed by atoms with Crippen LogP contribution in [0, 0.1) is 6.92 Å². The Morgan fingerprint density at radius 2 is 1.36 bits per heavy atom. The van der Waals surface area contributed by atoms with Gasteiger partial charge in [-0.1, -0.05) is 102 Å². The van der Waals surface area contributed by atoms with Crippen molar-refractivity contribution in [1.29, 1.82) is 0 Å². The van der Waals surface area contributed by atoms with E-state index in [4.69, 9.17) is 28.4 Å². The minimum Gasteiger partial charge on any atom is -0.497 e. The Labute approximate surface area is 251 Å². The van der Waals surface area contributed by atoms with E-state index in [1.165, 1.54) is 5.56 Å². The molecule has 0 radical (unpaired) electrons. The van der Waals surface area contributed by atoms with Crippen molar-refractivity contribution in [3.05, 3.63) is 131 Å². The van der Waals surface area contributed by atoms with Crippen LogP contribution in [0.2, 0.25) is 0 Å². The smallest absolute Gasteiger partial charge is 0.184 e. The molecule has 1 unspecified atom stereocenters. The fourth-order valence-electron chi connectivity index (χ4n) is 5.22. The summed E-state index contributed by atoms with van der Waals surface area (Å²) in [6.07, 6.45) is -2.03. The first kappa shape index (κ1) is 28.9. The molecule has 0 aliphatic carbocycles. The molecule has 218 valence electrons. The lowest BCUT2D eigenvalue weighted by molar-refractivity contribution is -0.329. The quantitative estimate of drug-likeness (QED) is 0.197. The van der Waals surface area contributed by atoms with E-state index in [-0.39, 0.29) is 17.6 Å². The van der Waals surface area contributed by atoms with E-state index in [1.54, 1.807) is 18.9 Å². The molecule has 2 heterocycles. The van der Waals surface area contributed by atoms with Crippen molar-refractivity contribution in [2.24, 2.45) is 0 Å². The molecule has 7 heteroatoms. The first-order valence-electron chi connectivity index (χ1n) is 14.3. The number of fused-ring (bicyclic) bond motifs is 1. The SMILES string of the molecule is COc1ccc(CO[C@@H]2[C@@H](OCc3ccccc3)[C@H]3OC(c4ccccc4)OC[C@H]3O[C@H]2Sc2ccc(C)cc2)cc1. The molecule has 0 spiro atoms. The Morgan fingerprint density at radius 3 is 2.05 bits per heavy atom. The highest BCUT2D eigenvalue weighted by molar-refractivity contribution is 7.99. The molecule has 2 aliphatic rings. The monoisotopic (exact) mass is 584 g/mol. The maximum absolute atomic E-state index is 6.73. The number of thioether (sulfide) groups is 1. The molecule has 2 fully saturated rings. The van der Waals surface area contributed by atoms with Crippen LogP contribution in [0.3, 0.4) is 0 Å². The fourth-order valence-corrected chi connectivity index (χ4v) is 6.35. The van der Waals surface area contributed by atoms with Crippen molar-refractivity contribution in [1.82, 2.24) is 0 Å². The molecule has 0 aromatic heterocycles. The second kappa shape index (κ2) is 13.9. The Balaban J connectivity index is 1.30. The van der Waals surface area contributed by atoms with Crippen LogP contribution in [0.4, 0.5) is 0 Å². The molecule has 6 atom stereocenters. The first-order valence-corrected chi connectivity index (χ1v) is 15.1. The summed E-state index contributed by atoms with van der Waals surface area (Å²) in [7, 11) is 1.67. The summed E-state index contributed by atoms with van der Waals surface area (Å²) < 4.78 is 38.3. The molecule has 4 aromatic carbocycles. The number of benzene rings is 4. The molecular weight excluding hydrogens is 548 g/mol. The number of hydrogen-bond donors (Lipinski definition) is 0. The fraction of sp³-hybridized carbons (Fsp3) is 0.314. The van der Waals surface area contributed by atoms with Gasteiger partial charge in [0.15, 0.2) is 6.29 Å². The lowest BCUT2D eigenvalue weighted by Crippen LogP contribution is -2.62. The van der Waals surface area contributed by atoms with Crippen LogP contribution in [-0.2, 0) is 36.9 Å². The van der Waals surface area contributed by atoms with Gasteiger partial charge in [-0.25, -0.2) is 0 Å². The van der Waals surface area contributed by atoms with Gasteiger partial charge in [-0.05, 0) is 42.3 Å². The molecule has 0 N–H and O–H groups in total. The van der Waals surface area contributed by atoms with E-state index in [0.29, 0.717) is 19.8 Å². The Morgan fingerprint density at radius 1 is 0.714 bits per heavy atom. The lowest BCUT2D eigenvalue weighted by Gasteiger charge is -2.49. The maximum atomic E-state index is 6.73. The van der Waals surface area contributed by atoms with E-state index in [9.17, 15) is 0 Å². The van der Waals surface area contributed by atoms with Crippen LogP contribution in [0.15, 0.2) is 114 Å². The molecule has 0 saturated carbocycles. The van der Waals surface area contributed by atoms with Gasteiger partial charge in [0, 0.05) is 10.5 Å². The summed E-state index contributed by atoms with van der Waals surface area (Å²) in [6, 6.07) is 36.6. The van der Waals surface area contributed by atoms with Crippen molar-refractivity contribution >= 4 is 11.8 Å². The predicted octanol–water partition coefficient (Wildman–Crippen LogP) is 7.11. The van der Waals surface area contributed by atoms with Crippen molar-refractivity contribution in [2.75, 3.05) is 13.7 Å². The van der Waals surface area contributed by atoms with Gasteiger partial charge in [0.2, 0.25) is 0 Å². The topological polar surface area (TPSA) is 55.4 Å². The number of aryl methyl sites for hydroxylation is 1. The Bertz CT molecular complexity index is 1380. The highest BCUT2D eigenvalue weighted by atomic mass is 32.2. The largest absolute Gasteiger partial charge is 0.497 e. The standard InChI is InChI=1S/C35H36O6S/c1-24-13-19-29(20-14-24)42-35-33(38-22-26-15-17-28(36-2)18-16-26)32(37-21-25-9-5-3-6-10-25)31-30(40-35)23-39-34(41-31)27-11-7-4-8-12-27/h3-20,30-35H,21-23H2,1-2H3/t30-,31+,32+,33-,34?,35+/m1/s1. The summed E-state index contributed by atoms with van der Waals surface area (Å²) in [5.74, 6) is 0.807. The molecule has 4 aromatic rings. The zero-order valence-electron chi connectivity index (χ0n) is 23.8. The molecular formula is C35H36O6S. The zero-order chi connectivity index (χ0) is 28.7. The van der Waals surface area contributed by atoms with Gasteiger partial charge in [-0.2, -0.15) is 0 Å². The Kier molecular flexibility index (Phi) is 9.55. The molecule has 6 nitrogen and oxygen atoms in total. The van der Waals surface area contributed by atoms with Gasteiger partial charge >= 0.3 is 0 Å². The van der Waals surface area contributed by atoms with E-state index >= 15 is 0 Å². The lowest BCUT2D eigenvalue weighted by atomic mass is 9.98. The normalized spacial score (nSPS) is 25.5. The molecule has 42 heavy (non-hydrogen) atoms. The number of methoxy groups -OCH3 is 1. The van der Waals surface area contributed by atoms with Gasteiger partial charge in [-0.15, -0.1) is 0 Å². The van der Waals surface area contributed by atoms with Crippen molar-refractivity contribution in [3.63, 3.8) is 0 Å². The predicted molar refractivity (Wildman–Crippen MR) is 162 cm³/mol. The van der Waals surface area contributed by atoms with Crippen molar-refractivity contribution in [2.45, 2.75) is 61.2 Å². The third kappa shape index (κ3) is 7.06. The van der Waals surface area contributed by atoms with Crippen molar-refractivity contribution in [3.8, 4) is 5.75 Å². The van der Waals surface area contributed by atoms with Crippen LogP contribution in [0.25, 0.3) is 0 Å². The van der Waals surface area contributed by atoms with E-state index in [2.05, 4.69) is 43.3 Å². The van der Waals surface area contributed by atoms with Gasteiger partial charge in [0.25, 0.3) is 0 Å². The third-order valence-electron chi connectivity index (χ3n) is 7.52. The van der Waals surface area contributed by atoms with E-state index in [0.717, 1.165) is 27.3 Å². The maximum Gasteiger partial charge on any atom is 0.184 e. The minimum absolute atomic E-state index is 0.311. The summed E-state index contributed by atoms with van der Waals surface area (Å²) in [4.78, 5) is 1.10. The van der Waals surface area contributed by atoms with Crippen LogP contribution in [0.1, 0.15) is 28.5 Å². The number of rotatable bonds is 10. The average molecular weight is 585 g/mol. The Hall–Kier alpha value is -3.17. The minimum atomic E-state index is -0.512. The van der Waals surface area contributed by atoms with Crippen molar-refractivity contribution < 1.29 is 28.4 Å². The molecule has 0 bridgehead atoms. The second-order valence-corrected chi connectivity index (χ2v) is 11.7. The highest BCUT2D eigenvalue weighted by Gasteiger charge is 2.51.